The Bertz CT molecular complexity index is 1120. The van der Waals surface area contributed by atoms with Gasteiger partial charge in [-0.3, -0.25) is 4.79 Å². The van der Waals surface area contributed by atoms with Crippen LogP contribution in [-0.4, -0.2) is 22.0 Å². The van der Waals surface area contributed by atoms with Gasteiger partial charge in [-0.1, -0.05) is 24.3 Å². The summed E-state index contributed by atoms with van der Waals surface area (Å²) >= 11 is 1.61. The molecule has 0 aliphatic carbocycles. The quantitative estimate of drug-likeness (QED) is 0.532. The first kappa shape index (κ1) is 16.9. The van der Waals surface area contributed by atoms with Crippen molar-refractivity contribution < 1.29 is 14.7 Å². The van der Waals surface area contributed by atoms with Gasteiger partial charge < -0.3 is 10.4 Å². The number of aromatic carboxylic acids is 1. The minimum Gasteiger partial charge on any atom is -0.478 e. The molecule has 0 atom stereocenters. The van der Waals surface area contributed by atoms with Gasteiger partial charge >= 0.3 is 5.97 Å². The Balaban J connectivity index is 1.56. The summed E-state index contributed by atoms with van der Waals surface area (Å²) in [6.07, 6.45) is 0. The maximum absolute atomic E-state index is 12.4. The summed E-state index contributed by atoms with van der Waals surface area (Å²) in [5, 5.41) is 12.9. The number of hydrogen-bond donors (Lipinski definition) is 2. The summed E-state index contributed by atoms with van der Waals surface area (Å²) in [7, 11) is 0. The Hall–Kier alpha value is -3.51. The third kappa shape index (κ3) is 3.43. The monoisotopic (exact) mass is 374 g/mol. The smallest absolute Gasteiger partial charge is 0.336 e. The van der Waals surface area contributed by atoms with Gasteiger partial charge in [-0.15, -0.1) is 11.3 Å². The van der Waals surface area contributed by atoms with E-state index in [1.807, 2.05) is 36.4 Å². The molecule has 0 spiro atoms. The van der Waals surface area contributed by atoms with Crippen LogP contribution in [0.2, 0.25) is 0 Å². The van der Waals surface area contributed by atoms with Crippen LogP contribution in [0.25, 0.3) is 20.8 Å². The maximum atomic E-state index is 12.4. The van der Waals surface area contributed by atoms with Crippen molar-refractivity contribution >= 4 is 39.1 Å². The molecule has 0 unspecified atom stereocenters. The molecule has 132 valence electrons. The van der Waals surface area contributed by atoms with E-state index in [2.05, 4.69) is 10.3 Å². The summed E-state index contributed by atoms with van der Waals surface area (Å²) in [5.74, 6) is -1.59. The highest BCUT2D eigenvalue weighted by molar-refractivity contribution is 7.21. The van der Waals surface area contributed by atoms with E-state index in [1.54, 1.807) is 35.6 Å². The molecule has 0 aliphatic heterocycles. The predicted molar refractivity (Wildman–Crippen MR) is 106 cm³/mol. The van der Waals surface area contributed by atoms with E-state index in [0.717, 1.165) is 20.8 Å². The minimum atomic E-state index is -1.13. The van der Waals surface area contributed by atoms with Crippen molar-refractivity contribution in [3.05, 3.63) is 83.9 Å². The fraction of sp³-hybridized carbons (Fsp3) is 0. The van der Waals surface area contributed by atoms with Crippen molar-refractivity contribution in [3.8, 4) is 10.6 Å². The zero-order valence-electron chi connectivity index (χ0n) is 14.0. The molecule has 2 N–H and O–H groups in total. The van der Waals surface area contributed by atoms with Gasteiger partial charge in [0.25, 0.3) is 5.91 Å². The van der Waals surface area contributed by atoms with Crippen molar-refractivity contribution in [2.24, 2.45) is 0 Å². The number of nitrogens with zero attached hydrogens (tertiary/aromatic N) is 1. The standard InChI is InChI=1S/C21H14N2O3S/c24-19(15-5-1-2-6-16(15)21(25)26)22-14-11-9-13(10-12-14)20-23-17-7-3-4-8-18(17)27-20/h1-12H,(H,22,24)(H,25,26). The third-order valence-corrected chi connectivity index (χ3v) is 5.17. The molecule has 0 aliphatic rings. The van der Waals surface area contributed by atoms with Crippen molar-refractivity contribution in [2.45, 2.75) is 0 Å². The van der Waals surface area contributed by atoms with Gasteiger partial charge in [0.05, 0.1) is 21.3 Å². The first-order chi connectivity index (χ1) is 13.1. The molecular weight excluding hydrogens is 360 g/mol. The van der Waals surface area contributed by atoms with Gasteiger partial charge in [-0.05, 0) is 48.5 Å². The van der Waals surface area contributed by atoms with Crippen LogP contribution in [0.5, 0.6) is 0 Å². The van der Waals surface area contributed by atoms with Crippen LogP contribution in [-0.2, 0) is 0 Å². The van der Waals surface area contributed by atoms with Gasteiger partial charge in [0.2, 0.25) is 0 Å². The minimum absolute atomic E-state index is 0.0268. The van der Waals surface area contributed by atoms with Gasteiger partial charge in [-0.2, -0.15) is 0 Å². The molecule has 4 rings (SSSR count). The van der Waals surface area contributed by atoms with Crippen molar-refractivity contribution in [1.29, 1.82) is 0 Å². The Morgan fingerprint density at radius 3 is 2.22 bits per heavy atom. The molecule has 3 aromatic carbocycles. The second-order valence-electron chi connectivity index (χ2n) is 5.87. The number of amides is 1. The number of hydrogen-bond acceptors (Lipinski definition) is 4. The maximum Gasteiger partial charge on any atom is 0.336 e. The van der Waals surface area contributed by atoms with E-state index in [-0.39, 0.29) is 11.1 Å². The molecule has 4 aromatic rings. The zero-order chi connectivity index (χ0) is 18.8. The lowest BCUT2D eigenvalue weighted by molar-refractivity contribution is 0.0692. The molecule has 0 fully saturated rings. The number of para-hydroxylation sites is 1. The molecule has 5 nitrogen and oxygen atoms in total. The lowest BCUT2D eigenvalue weighted by Crippen LogP contribution is -2.16. The fourth-order valence-electron chi connectivity index (χ4n) is 2.76. The van der Waals surface area contributed by atoms with E-state index in [1.165, 1.54) is 12.1 Å². The van der Waals surface area contributed by atoms with E-state index in [4.69, 9.17) is 0 Å². The molecule has 27 heavy (non-hydrogen) atoms. The Morgan fingerprint density at radius 2 is 1.52 bits per heavy atom. The molecule has 0 saturated heterocycles. The normalized spacial score (nSPS) is 10.7. The molecule has 1 aromatic heterocycles. The number of anilines is 1. The number of carboxylic acids is 1. The Morgan fingerprint density at radius 1 is 0.852 bits per heavy atom. The lowest BCUT2D eigenvalue weighted by atomic mass is 10.1. The number of nitrogens with one attached hydrogen (secondary N) is 1. The van der Waals surface area contributed by atoms with E-state index in [0.29, 0.717) is 5.69 Å². The van der Waals surface area contributed by atoms with Crippen LogP contribution in [0.1, 0.15) is 20.7 Å². The first-order valence-electron chi connectivity index (χ1n) is 8.21. The number of aromatic nitrogens is 1. The van der Waals surface area contributed by atoms with Crippen LogP contribution in [0.3, 0.4) is 0 Å². The summed E-state index contributed by atoms with van der Waals surface area (Å²) in [6, 6.07) is 21.4. The lowest BCUT2D eigenvalue weighted by Gasteiger charge is -2.08. The largest absolute Gasteiger partial charge is 0.478 e. The van der Waals surface area contributed by atoms with E-state index >= 15 is 0 Å². The molecule has 1 heterocycles. The topological polar surface area (TPSA) is 79.3 Å². The average molecular weight is 374 g/mol. The van der Waals surface area contributed by atoms with E-state index < -0.39 is 11.9 Å². The van der Waals surface area contributed by atoms with Crippen molar-refractivity contribution in [2.75, 3.05) is 5.32 Å². The molecule has 0 bridgehead atoms. The summed E-state index contributed by atoms with van der Waals surface area (Å²) in [5.41, 5.74) is 2.60. The van der Waals surface area contributed by atoms with Crippen LogP contribution in [0, 0.1) is 0 Å². The number of carboxylic acid groups (broad SMARTS) is 1. The molecular formula is C21H14N2O3S. The highest BCUT2D eigenvalue weighted by Crippen LogP contribution is 2.30. The Labute approximate surface area is 158 Å². The number of thiazole rings is 1. The van der Waals surface area contributed by atoms with E-state index in [9.17, 15) is 14.7 Å². The Kier molecular flexibility index (Phi) is 4.40. The summed E-state index contributed by atoms with van der Waals surface area (Å²) in [4.78, 5) is 28.3. The average Bonchev–Trinajstić information content (AvgIpc) is 3.12. The summed E-state index contributed by atoms with van der Waals surface area (Å²) in [6.45, 7) is 0. The number of benzene rings is 3. The number of carbonyl (C=O) groups excluding carboxylic acids is 1. The van der Waals surface area contributed by atoms with Gasteiger partial charge in [0.15, 0.2) is 0 Å². The summed E-state index contributed by atoms with van der Waals surface area (Å²) < 4.78 is 1.12. The molecule has 0 radical (unpaired) electrons. The zero-order valence-corrected chi connectivity index (χ0v) is 14.9. The molecule has 1 amide bonds. The van der Waals surface area contributed by atoms with Crippen LogP contribution < -0.4 is 5.32 Å². The van der Waals surface area contributed by atoms with Crippen LogP contribution >= 0.6 is 11.3 Å². The highest BCUT2D eigenvalue weighted by Gasteiger charge is 2.16. The predicted octanol–water partition coefficient (Wildman–Crippen LogP) is 4.91. The third-order valence-electron chi connectivity index (χ3n) is 4.09. The van der Waals surface area contributed by atoms with Gasteiger partial charge in [0.1, 0.15) is 5.01 Å². The number of rotatable bonds is 4. The number of carbonyl (C=O) groups is 2. The molecule has 0 saturated carbocycles. The second kappa shape index (κ2) is 7.01. The first-order valence-corrected chi connectivity index (χ1v) is 9.03. The fourth-order valence-corrected chi connectivity index (χ4v) is 3.73. The van der Waals surface area contributed by atoms with Crippen LogP contribution in [0.4, 0.5) is 5.69 Å². The van der Waals surface area contributed by atoms with Gasteiger partial charge in [-0.25, -0.2) is 9.78 Å². The number of fused-ring (bicyclic) bond motifs is 1. The second-order valence-corrected chi connectivity index (χ2v) is 6.90. The van der Waals surface area contributed by atoms with Crippen molar-refractivity contribution in [1.82, 2.24) is 4.98 Å². The van der Waals surface area contributed by atoms with Gasteiger partial charge in [0, 0.05) is 11.3 Å². The van der Waals surface area contributed by atoms with Crippen LogP contribution in [0.15, 0.2) is 72.8 Å². The SMILES string of the molecule is O=C(O)c1ccccc1C(=O)Nc1ccc(-c2nc3ccccc3s2)cc1. The molecule has 6 heteroatoms. The highest BCUT2D eigenvalue weighted by atomic mass is 32.1. The van der Waals surface area contributed by atoms with Crippen molar-refractivity contribution in [3.63, 3.8) is 0 Å².